The van der Waals surface area contributed by atoms with Gasteiger partial charge in [0, 0.05) is 56.4 Å². The third-order valence-electron chi connectivity index (χ3n) is 5.34. The van der Waals surface area contributed by atoms with Gasteiger partial charge in [-0.25, -0.2) is 0 Å². The molecule has 2 heterocycles. The summed E-state index contributed by atoms with van der Waals surface area (Å²) in [5.41, 5.74) is 1.10. The van der Waals surface area contributed by atoms with Crippen molar-refractivity contribution in [3.63, 3.8) is 0 Å². The fraction of sp³-hybridized carbons (Fsp3) is 0.611. The molecule has 0 saturated carbocycles. The first kappa shape index (κ1) is 16.3. The van der Waals surface area contributed by atoms with Crippen molar-refractivity contribution in [3.05, 3.63) is 29.8 Å². The van der Waals surface area contributed by atoms with Crippen LogP contribution in [0.3, 0.4) is 0 Å². The summed E-state index contributed by atoms with van der Waals surface area (Å²) in [6.45, 7) is 9.01. The van der Waals surface area contributed by atoms with Crippen LogP contribution in [-0.2, 0) is 0 Å². The second-order valence-electron chi connectivity index (χ2n) is 7.28. The van der Waals surface area contributed by atoms with Gasteiger partial charge < -0.3 is 19.8 Å². The Balaban J connectivity index is 1.67. The van der Waals surface area contributed by atoms with E-state index in [1.165, 1.54) is 5.69 Å². The van der Waals surface area contributed by atoms with Crippen molar-refractivity contribution >= 4 is 11.6 Å². The molecule has 0 aliphatic carbocycles. The van der Waals surface area contributed by atoms with Gasteiger partial charge in [-0.15, -0.1) is 0 Å². The molecular formula is C18H27N3O2. The Bertz CT molecular complexity index is 562. The molecule has 1 N–H and O–H groups in total. The predicted molar refractivity (Wildman–Crippen MR) is 91.8 cm³/mol. The van der Waals surface area contributed by atoms with Gasteiger partial charge in [-0.3, -0.25) is 4.79 Å². The first-order chi connectivity index (χ1) is 10.9. The summed E-state index contributed by atoms with van der Waals surface area (Å²) >= 11 is 0. The van der Waals surface area contributed by atoms with Crippen LogP contribution in [0.2, 0.25) is 0 Å². The highest BCUT2D eigenvalue weighted by Crippen LogP contribution is 2.28. The summed E-state index contributed by atoms with van der Waals surface area (Å²) < 4.78 is 0. The molecule has 1 aromatic rings. The molecule has 1 amide bonds. The second-order valence-corrected chi connectivity index (χ2v) is 7.28. The molecule has 3 rings (SSSR count). The highest BCUT2D eigenvalue weighted by molar-refractivity contribution is 5.94. The quantitative estimate of drug-likeness (QED) is 0.893. The summed E-state index contributed by atoms with van der Waals surface area (Å²) in [7, 11) is 2.14. The Morgan fingerprint density at radius 3 is 2.30 bits per heavy atom. The Morgan fingerprint density at radius 1 is 1.17 bits per heavy atom. The van der Waals surface area contributed by atoms with Gasteiger partial charge in [0.1, 0.15) is 0 Å². The molecule has 2 aliphatic heterocycles. The summed E-state index contributed by atoms with van der Waals surface area (Å²) in [6, 6.07) is 7.90. The molecule has 0 radical (unpaired) electrons. The third-order valence-corrected chi connectivity index (χ3v) is 5.34. The number of nitrogens with zero attached hydrogens (tertiary/aromatic N) is 3. The van der Waals surface area contributed by atoms with Crippen LogP contribution in [0, 0.1) is 5.92 Å². The van der Waals surface area contributed by atoms with E-state index >= 15 is 0 Å². The molecule has 0 aromatic heterocycles. The van der Waals surface area contributed by atoms with Crippen molar-refractivity contribution < 1.29 is 9.90 Å². The average molecular weight is 317 g/mol. The van der Waals surface area contributed by atoms with Crippen molar-refractivity contribution in [2.75, 3.05) is 51.2 Å². The number of aliphatic hydroxyl groups is 1. The Morgan fingerprint density at radius 2 is 1.78 bits per heavy atom. The van der Waals surface area contributed by atoms with Gasteiger partial charge in [-0.2, -0.15) is 0 Å². The topological polar surface area (TPSA) is 47.0 Å². The number of carbonyl (C=O) groups excluding carboxylic acids is 1. The maximum absolute atomic E-state index is 12.6. The maximum Gasteiger partial charge on any atom is 0.253 e. The zero-order valence-corrected chi connectivity index (χ0v) is 14.3. The minimum Gasteiger partial charge on any atom is -0.388 e. The average Bonchev–Trinajstić information content (AvgIpc) is 2.81. The SMILES string of the molecule is C[C@@H]1CN(C(=O)c2ccc(N3CCN(C)CC3)cc2)C[C@]1(C)O. The maximum atomic E-state index is 12.6. The molecule has 2 fully saturated rings. The van der Waals surface area contributed by atoms with E-state index in [9.17, 15) is 9.90 Å². The normalized spacial score (nSPS) is 29.1. The highest BCUT2D eigenvalue weighted by Gasteiger charge is 2.40. The number of likely N-dealkylation sites (tertiary alicyclic amines) is 1. The molecule has 2 saturated heterocycles. The van der Waals surface area contributed by atoms with Crippen LogP contribution in [0.4, 0.5) is 5.69 Å². The standard InChI is InChI=1S/C18H27N3O2/c1-14-12-21(13-18(14,2)23)17(22)15-4-6-16(7-5-15)20-10-8-19(3)9-11-20/h4-7,14,23H,8-13H2,1-3H3/t14-,18+/m1/s1. The van der Waals surface area contributed by atoms with E-state index in [2.05, 4.69) is 16.8 Å². The number of carbonyl (C=O) groups is 1. The monoisotopic (exact) mass is 317 g/mol. The molecule has 23 heavy (non-hydrogen) atoms. The van der Waals surface area contributed by atoms with E-state index in [1.807, 2.05) is 31.2 Å². The molecule has 126 valence electrons. The zero-order valence-electron chi connectivity index (χ0n) is 14.3. The van der Waals surface area contributed by atoms with Gasteiger partial charge in [-0.1, -0.05) is 6.92 Å². The lowest BCUT2D eigenvalue weighted by molar-refractivity contribution is 0.0351. The molecule has 2 aliphatic rings. The smallest absolute Gasteiger partial charge is 0.253 e. The van der Waals surface area contributed by atoms with E-state index in [-0.39, 0.29) is 11.8 Å². The molecular weight excluding hydrogens is 290 g/mol. The highest BCUT2D eigenvalue weighted by atomic mass is 16.3. The summed E-state index contributed by atoms with van der Waals surface area (Å²) in [4.78, 5) is 19.1. The van der Waals surface area contributed by atoms with Crippen molar-refractivity contribution in [2.45, 2.75) is 19.4 Å². The van der Waals surface area contributed by atoms with E-state index in [1.54, 1.807) is 11.8 Å². The van der Waals surface area contributed by atoms with Crippen molar-refractivity contribution in [1.29, 1.82) is 0 Å². The lowest BCUT2D eigenvalue weighted by atomic mass is 9.95. The zero-order chi connectivity index (χ0) is 16.6. The number of benzene rings is 1. The van der Waals surface area contributed by atoms with Gasteiger partial charge in [0.15, 0.2) is 0 Å². The number of likely N-dealkylation sites (N-methyl/N-ethyl adjacent to an activating group) is 1. The number of hydrogen-bond donors (Lipinski definition) is 1. The fourth-order valence-corrected chi connectivity index (χ4v) is 3.35. The largest absolute Gasteiger partial charge is 0.388 e. The molecule has 1 aromatic carbocycles. The lowest BCUT2D eigenvalue weighted by Crippen LogP contribution is -2.44. The van der Waals surface area contributed by atoms with Gasteiger partial charge in [-0.05, 0) is 38.2 Å². The molecule has 0 bridgehead atoms. The minimum atomic E-state index is -0.782. The number of rotatable bonds is 2. The van der Waals surface area contributed by atoms with E-state index in [4.69, 9.17) is 0 Å². The van der Waals surface area contributed by atoms with E-state index in [0.29, 0.717) is 18.7 Å². The van der Waals surface area contributed by atoms with Crippen LogP contribution in [0.25, 0.3) is 0 Å². The number of amides is 1. The lowest BCUT2D eigenvalue weighted by Gasteiger charge is -2.34. The number of anilines is 1. The molecule has 0 unspecified atom stereocenters. The summed E-state index contributed by atoms with van der Waals surface area (Å²) in [5.74, 6) is 0.121. The van der Waals surface area contributed by atoms with Crippen LogP contribution in [0.15, 0.2) is 24.3 Å². The van der Waals surface area contributed by atoms with Crippen LogP contribution in [0.5, 0.6) is 0 Å². The first-order valence-corrected chi connectivity index (χ1v) is 8.42. The van der Waals surface area contributed by atoms with Gasteiger partial charge in [0.25, 0.3) is 5.91 Å². The van der Waals surface area contributed by atoms with Gasteiger partial charge in [0.05, 0.1) is 5.60 Å². The third kappa shape index (κ3) is 3.35. The van der Waals surface area contributed by atoms with Crippen LogP contribution < -0.4 is 4.90 Å². The first-order valence-electron chi connectivity index (χ1n) is 8.42. The van der Waals surface area contributed by atoms with Crippen LogP contribution in [0.1, 0.15) is 24.2 Å². The van der Waals surface area contributed by atoms with Crippen molar-refractivity contribution in [3.8, 4) is 0 Å². The Kier molecular flexibility index (Phi) is 4.34. The van der Waals surface area contributed by atoms with Crippen LogP contribution in [-0.4, -0.2) is 72.7 Å². The fourth-order valence-electron chi connectivity index (χ4n) is 3.35. The minimum absolute atomic E-state index is 0.0135. The van der Waals surface area contributed by atoms with Gasteiger partial charge in [0.2, 0.25) is 0 Å². The molecule has 0 spiro atoms. The van der Waals surface area contributed by atoms with E-state index < -0.39 is 5.60 Å². The molecule has 5 nitrogen and oxygen atoms in total. The Hall–Kier alpha value is -1.59. The van der Waals surface area contributed by atoms with Crippen LogP contribution >= 0.6 is 0 Å². The Labute approximate surface area is 138 Å². The number of hydrogen-bond acceptors (Lipinski definition) is 4. The predicted octanol–water partition coefficient (Wildman–Crippen LogP) is 1.28. The second kappa shape index (κ2) is 6.13. The van der Waals surface area contributed by atoms with Crippen molar-refractivity contribution in [2.24, 2.45) is 5.92 Å². The molecule has 2 atom stereocenters. The number of β-amino-alcohol motifs (C(OH)–C–C–N with tert-alkyl or cyclic N) is 1. The van der Waals surface area contributed by atoms with E-state index in [0.717, 1.165) is 26.2 Å². The van der Waals surface area contributed by atoms with Gasteiger partial charge >= 0.3 is 0 Å². The number of piperazine rings is 1. The molecule has 5 heteroatoms. The summed E-state index contributed by atoms with van der Waals surface area (Å²) in [5, 5.41) is 10.3. The van der Waals surface area contributed by atoms with Crippen molar-refractivity contribution in [1.82, 2.24) is 9.80 Å². The summed E-state index contributed by atoms with van der Waals surface area (Å²) in [6.07, 6.45) is 0.